The van der Waals surface area contributed by atoms with Crippen LogP contribution in [0, 0.1) is 17.8 Å². The Bertz CT molecular complexity index is 190. The predicted molar refractivity (Wildman–Crippen MR) is 67.1 cm³/mol. The van der Waals surface area contributed by atoms with Gasteiger partial charge in [0, 0.05) is 19.6 Å². The van der Waals surface area contributed by atoms with Crippen molar-refractivity contribution in [1.29, 1.82) is 0 Å². The SMILES string of the molecule is CC(C)CC(=O)NCC(CCO)CC(C)C. The third-order valence-electron chi connectivity index (χ3n) is 2.52. The molecule has 1 unspecified atom stereocenters. The largest absolute Gasteiger partial charge is 0.396 e. The van der Waals surface area contributed by atoms with Crippen LogP contribution in [0.25, 0.3) is 0 Å². The Morgan fingerprint density at radius 2 is 1.81 bits per heavy atom. The van der Waals surface area contributed by atoms with Gasteiger partial charge in [0.2, 0.25) is 5.91 Å². The first kappa shape index (κ1) is 15.4. The smallest absolute Gasteiger partial charge is 0.220 e. The van der Waals surface area contributed by atoms with E-state index in [-0.39, 0.29) is 12.5 Å². The first-order valence-corrected chi connectivity index (χ1v) is 6.33. The van der Waals surface area contributed by atoms with E-state index in [4.69, 9.17) is 5.11 Å². The van der Waals surface area contributed by atoms with Crippen molar-refractivity contribution in [2.24, 2.45) is 17.8 Å². The molecule has 3 heteroatoms. The topological polar surface area (TPSA) is 49.3 Å². The van der Waals surface area contributed by atoms with E-state index in [1.165, 1.54) is 0 Å². The molecule has 0 fully saturated rings. The Morgan fingerprint density at radius 3 is 2.25 bits per heavy atom. The minimum Gasteiger partial charge on any atom is -0.396 e. The maximum atomic E-state index is 11.5. The van der Waals surface area contributed by atoms with E-state index < -0.39 is 0 Å². The first-order chi connectivity index (χ1) is 7.45. The van der Waals surface area contributed by atoms with E-state index in [9.17, 15) is 4.79 Å². The van der Waals surface area contributed by atoms with Crippen LogP contribution in [-0.4, -0.2) is 24.2 Å². The molecule has 0 bridgehead atoms. The van der Waals surface area contributed by atoms with Gasteiger partial charge in [-0.1, -0.05) is 27.7 Å². The molecule has 1 atom stereocenters. The summed E-state index contributed by atoms with van der Waals surface area (Å²) < 4.78 is 0. The van der Waals surface area contributed by atoms with E-state index in [0.717, 1.165) is 12.8 Å². The summed E-state index contributed by atoms with van der Waals surface area (Å²) in [7, 11) is 0. The van der Waals surface area contributed by atoms with Gasteiger partial charge >= 0.3 is 0 Å². The summed E-state index contributed by atoms with van der Waals surface area (Å²) in [5, 5.41) is 11.9. The second kappa shape index (κ2) is 8.57. The number of amides is 1. The summed E-state index contributed by atoms with van der Waals surface area (Å²) in [5.41, 5.74) is 0. The zero-order chi connectivity index (χ0) is 12.6. The first-order valence-electron chi connectivity index (χ1n) is 6.33. The number of carbonyl (C=O) groups is 1. The van der Waals surface area contributed by atoms with Gasteiger partial charge in [0.1, 0.15) is 0 Å². The molecule has 2 N–H and O–H groups in total. The van der Waals surface area contributed by atoms with Crippen LogP contribution in [0.5, 0.6) is 0 Å². The van der Waals surface area contributed by atoms with Gasteiger partial charge in [0.05, 0.1) is 0 Å². The molecule has 0 aromatic rings. The zero-order valence-electron chi connectivity index (χ0n) is 11.1. The molecule has 0 aliphatic heterocycles. The second-order valence-electron chi connectivity index (χ2n) is 5.41. The van der Waals surface area contributed by atoms with E-state index >= 15 is 0 Å². The van der Waals surface area contributed by atoms with Crippen molar-refractivity contribution >= 4 is 5.91 Å². The monoisotopic (exact) mass is 229 g/mol. The van der Waals surface area contributed by atoms with Crippen molar-refractivity contribution in [3.63, 3.8) is 0 Å². The molecule has 0 aromatic heterocycles. The van der Waals surface area contributed by atoms with Gasteiger partial charge in [-0.2, -0.15) is 0 Å². The average Bonchev–Trinajstić information content (AvgIpc) is 2.12. The normalized spacial score (nSPS) is 13.2. The summed E-state index contributed by atoms with van der Waals surface area (Å²) in [6, 6.07) is 0. The summed E-state index contributed by atoms with van der Waals surface area (Å²) in [6.45, 7) is 9.32. The lowest BCUT2D eigenvalue weighted by atomic mass is 9.94. The number of aliphatic hydroxyl groups is 1. The Morgan fingerprint density at radius 1 is 1.19 bits per heavy atom. The molecule has 0 spiro atoms. The lowest BCUT2D eigenvalue weighted by molar-refractivity contribution is -0.122. The van der Waals surface area contributed by atoms with Crippen LogP contribution in [-0.2, 0) is 4.79 Å². The lowest BCUT2D eigenvalue weighted by Gasteiger charge is -2.18. The molecule has 0 saturated heterocycles. The highest BCUT2D eigenvalue weighted by atomic mass is 16.3. The molecular formula is C13H27NO2. The fraction of sp³-hybridized carbons (Fsp3) is 0.923. The third kappa shape index (κ3) is 8.72. The molecule has 1 amide bonds. The minimum absolute atomic E-state index is 0.127. The van der Waals surface area contributed by atoms with Crippen LogP contribution < -0.4 is 5.32 Å². The van der Waals surface area contributed by atoms with Crippen LogP contribution in [0.15, 0.2) is 0 Å². The van der Waals surface area contributed by atoms with Crippen molar-refractivity contribution in [1.82, 2.24) is 5.32 Å². The van der Waals surface area contributed by atoms with E-state index in [1.807, 2.05) is 13.8 Å². The number of hydrogen-bond donors (Lipinski definition) is 2. The van der Waals surface area contributed by atoms with Gasteiger partial charge in [-0.15, -0.1) is 0 Å². The minimum atomic E-state index is 0.127. The van der Waals surface area contributed by atoms with E-state index in [2.05, 4.69) is 19.2 Å². The fourth-order valence-corrected chi connectivity index (χ4v) is 1.85. The van der Waals surface area contributed by atoms with Crippen LogP contribution in [0.2, 0.25) is 0 Å². The Balaban J connectivity index is 3.86. The van der Waals surface area contributed by atoms with E-state index in [1.54, 1.807) is 0 Å². The Kier molecular flexibility index (Phi) is 8.26. The van der Waals surface area contributed by atoms with Crippen molar-refractivity contribution in [3.8, 4) is 0 Å². The summed E-state index contributed by atoms with van der Waals surface area (Å²) in [5.74, 6) is 1.54. The molecular weight excluding hydrogens is 202 g/mol. The number of carbonyl (C=O) groups excluding carboxylic acids is 1. The average molecular weight is 229 g/mol. The molecule has 0 aliphatic carbocycles. The molecule has 0 saturated carbocycles. The zero-order valence-corrected chi connectivity index (χ0v) is 11.1. The van der Waals surface area contributed by atoms with Gasteiger partial charge in [0.15, 0.2) is 0 Å². The molecule has 16 heavy (non-hydrogen) atoms. The Labute approximate surface area is 99.6 Å². The maximum Gasteiger partial charge on any atom is 0.220 e. The third-order valence-corrected chi connectivity index (χ3v) is 2.52. The number of hydrogen-bond acceptors (Lipinski definition) is 2. The summed E-state index contributed by atoms with van der Waals surface area (Å²) in [4.78, 5) is 11.5. The number of nitrogens with one attached hydrogen (secondary N) is 1. The van der Waals surface area contributed by atoms with Gasteiger partial charge < -0.3 is 10.4 Å². The van der Waals surface area contributed by atoms with Gasteiger partial charge in [-0.05, 0) is 30.6 Å². The number of rotatable bonds is 8. The molecule has 3 nitrogen and oxygen atoms in total. The van der Waals surface area contributed by atoms with Crippen LogP contribution in [0.3, 0.4) is 0 Å². The van der Waals surface area contributed by atoms with Crippen LogP contribution in [0.4, 0.5) is 0 Å². The molecule has 0 rings (SSSR count). The molecule has 0 aliphatic rings. The second-order valence-corrected chi connectivity index (χ2v) is 5.41. The highest BCUT2D eigenvalue weighted by molar-refractivity contribution is 5.76. The highest BCUT2D eigenvalue weighted by Crippen LogP contribution is 2.14. The van der Waals surface area contributed by atoms with Crippen molar-refractivity contribution in [2.45, 2.75) is 47.0 Å². The molecule has 96 valence electrons. The molecule has 0 aromatic carbocycles. The van der Waals surface area contributed by atoms with Gasteiger partial charge in [-0.3, -0.25) is 4.79 Å². The van der Waals surface area contributed by atoms with E-state index in [0.29, 0.717) is 30.7 Å². The number of aliphatic hydroxyl groups excluding tert-OH is 1. The molecule has 0 heterocycles. The van der Waals surface area contributed by atoms with Crippen LogP contribution >= 0.6 is 0 Å². The quantitative estimate of drug-likeness (QED) is 0.670. The van der Waals surface area contributed by atoms with Gasteiger partial charge in [-0.25, -0.2) is 0 Å². The predicted octanol–water partition coefficient (Wildman–Crippen LogP) is 2.19. The molecule has 0 radical (unpaired) electrons. The summed E-state index contributed by atoms with van der Waals surface area (Å²) in [6.07, 6.45) is 2.43. The maximum absolute atomic E-state index is 11.5. The standard InChI is InChI=1S/C13H27NO2/c1-10(2)7-12(5-6-15)9-14-13(16)8-11(3)4/h10-12,15H,5-9H2,1-4H3,(H,14,16). The highest BCUT2D eigenvalue weighted by Gasteiger charge is 2.12. The van der Waals surface area contributed by atoms with Crippen molar-refractivity contribution in [2.75, 3.05) is 13.2 Å². The van der Waals surface area contributed by atoms with Gasteiger partial charge in [0.25, 0.3) is 0 Å². The fourth-order valence-electron chi connectivity index (χ4n) is 1.85. The summed E-state index contributed by atoms with van der Waals surface area (Å²) >= 11 is 0. The Hall–Kier alpha value is -0.570. The van der Waals surface area contributed by atoms with Crippen LogP contribution in [0.1, 0.15) is 47.0 Å². The lowest BCUT2D eigenvalue weighted by Crippen LogP contribution is -2.31. The van der Waals surface area contributed by atoms with Crippen molar-refractivity contribution < 1.29 is 9.90 Å². The van der Waals surface area contributed by atoms with Crippen molar-refractivity contribution in [3.05, 3.63) is 0 Å².